The van der Waals surface area contributed by atoms with Crippen molar-refractivity contribution in [3.05, 3.63) is 29.8 Å². The van der Waals surface area contributed by atoms with Gasteiger partial charge in [-0.15, -0.1) is 0 Å². The zero-order chi connectivity index (χ0) is 13.9. The van der Waals surface area contributed by atoms with Crippen molar-refractivity contribution >= 4 is 15.5 Å². The SMILES string of the molecule is CN(CCS(C)(=O)=O)CC1CCNc2ccccc21. The zero-order valence-corrected chi connectivity index (χ0v) is 12.4. The Labute approximate surface area is 115 Å². The van der Waals surface area contributed by atoms with Gasteiger partial charge in [0.15, 0.2) is 0 Å². The Hall–Kier alpha value is -1.07. The number of rotatable bonds is 5. The van der Waals surface area contributed by atoms with E-state index in [0.717, 1.165) is 19.5 Å². The van der Waals surface area contributed by atoms with Crippen LogP contribution in [0.3, 0.4) is 0 Å². The van der Waals surface area contributed by atoms with Crippen LogP contribution < -0.4 is 5.32 Å². The summed E-state index contributed by atoms with van der Waals surface area (Å²) in [5.74, 6) is 0.720. The molecule has 19 heavy (non-hydrogen) atoms. The van der Waals surface area contributed by atoms with E-state index in [2.05, 4.69) is 28.4 Å². The van der Waals surface area contributed by atoms with E-state index in [9.17, 15) is 8.42 Å². The predicted octanol–water partition coefficient (Wildman–Crippen LogP) is 1.56. The first kappa shape index (κ1) is 14.3. The number of hydrogen-bond donors (Lipinski definition) is 1. The molecule has 0 aromatic heterocycles. The monoisotopic (exact) mass is 282 g/mol. The molecule has 1 aromatic carbocycles. The number of nitrogens with one attached hydrogen (secondary N) is 1. The Morgan fingerprint density at radius 1 is 1.37 bits per heavy atom. The van der Waals surface area contributed by atoms with Crippen molar-refractivity contribution in [2.75, 3.05) is 44.0 Å². The maximum absolute atomic E-state index is 11.2. The highest BCUT2D eigenvalue weighted by Crippen LogP contribution is 2.31. The lowest BCUT2D eigenvalue weighted by Gasteiger charge is -2.30. The summed E-state index contributed by atoms with van der Waals surface area (Å²) in [6.07, 6.45) is 2.39. The highest BCUT2D eigenvalue weighted by atomic mass is 32.2. The molecule has 1 N–H and O–H groups in total. The summed E-state index contributed by atoms with van der Waals surface area (Å²) in [6, 6.07) is 8.38. The minimum Gasteiger partial charge on any atom is -0.385 e. The van der Waals surface area contributed by atoms with E-state index < -0.39 is 9.84 Å². The number of fused-ring (bicyclic) bond motifs is 1. The van der Waals surface area contributed by atoms with Gasteiger partial charge in [-0.25, -0.2) is 8.42 Å². The number of likely N-dealkylation sites (N-methyl/N-ethyl adjacent to an activating group) is 1. The van der Waals surface area contributed by atoms with Crippen LogP contribution in [0.5, 0.6) is 0 Å². The number of para-hydroxylation sites is 1. The lowest BCUT2D eigenvalue weighted by molar-refractivity contribution is 0.320. The van der Waals surface area contributed by atoms with Crippen molar-refractivity contribution in [2.24, 2.45) is 0 Å². The van der Waals surface area contributed by atoms with E-state index in [1.54, 1.807) is 0 Å². The van der Waals surface area contributed by atoms with Crippen molar-refractivity contribution < 1.29 is 8.42 Å². The van der Waals surface area contributed by atoms with Crippen molar-refractivity contribution in [2.45, 2.75) is 12.3 Å². The van der Waals surface area contributed by atoms with Crippen LogP contribution in [0.1, 0.15) is 17.9 Å². The third-order valence-corrected chi connectivity index (χ3v) is 4.51. The van der Waals surface area contributed by atoms with Gasteiger partial charge in [0.25, 0.3) is 0 Å². The maximum Gasteiger partial charge on any atom is 0.148 e. The van der Waals surface area contributed by atoms with Gasteiger partial charge < -0.3 is 10.2 Å². The molecule has 1 aliphatic rings. The molecule has 1 heterocycles. The number of sulfone groups is 1. The molecule has 5 heteroatoms. The van der Waals surface area contributed by atoms with Gasteiger partial charge in [0.2, 0.25) is 0 Å². The summed E-state index contributed by atoms with van der Waals surface area (Å²) >= 11 is 0. The summed E-state index contributed by atoms with van der Waals surface area (Å²) in [4.78, 5) is 2.12. The molecule has 0 spiro atoms. The molecule has 0 fully saturated rings. The van der Waals surface area contributed by atoms with Crippen molar-refractivity contribution in [1.29, 1.82) is 0 Å². The summed E-state index contributed by atoms with van der Waals surface area (Å²) in [7, 11) is -0.879. The van der Waals surface area contributed by atoms with E-state index in [0.29, 0.717) is 12.5 Å². The average Bonchev–Trinajstić information content (AvgIpc) is 2.36. The van der Waals surface area contributed by atoms with Crippen LogP contribution in [0.2, 0.25) is 0 Å². The van der Waals surface area contributed by atoms with Crippen LogP contribution in [0, 0.1) is 0 Å². The van der Waals surface area contributed by atoms with Gasteiger partial charge in [-0.2, -0.15) is 0 Å². The average molecular weight is 282 g/mol. The molecule has 1 unspecified atom stereocenters. The Bertz CT molecular complexity index is 528. The molecular formula is C14H22N2O2S. The fourth-order valence-electron chi connectivity index (χ4n) is 2.53. The molecule has 0 aliphatic carbocycles. The number of anilines is 1. The molecule has 106 valence electrons. The molecule has 0 saturated carbocycles. The fourth-order valence-corrected chi connectivity index (χ4v) is 3.17. The number of nitrogens with zero attached hydrogens (tertiary/aromatic N) is 1. The normalized spacial score (nSPS) is 19.0. The summed E-state index contributed by atoms with van der Waals surface area (Å²) in [5.41, 5.74) is 2.57. The Balaban J connectivity index is 1.97. The van der Waals surface area contributed by atoms with Gasteiger partial charge in [-0.3, -0.25) is 0 Å². The molecule has 1 atom stereocenters. The molecule has 0 radical (unpaired) electrons. The van der Waals surface area contributed by atoms with E-state index in [-0.39, 0.29) is 5.75 Å². The first-order chi connectivity index (χ1) is 8.96. The summed E-state index contributed by atoms with van der Waals surface area (Å²) in [5, 5.41) is 3.41. The molecule has 1 aliphatic heterocycles. The smallest absolute Gasteiger partial charge is 0.148 e. The number of benzene rings is 1. The second kappa shape index (κ2) is 5.92. The van der Waals surface area contributed by atoms with Crippen LogP contribution in [0.25, 0.3) is 0 Å². The second-order valence-electron chi connectivity index (χ2n) is 5.39. The van der Waals surface area contributed by atoms with Gasteiger partial charge in [-0.1, -0.05) is 18.2 Å². The molecule has 0 bridgehead atoms. The third-order valence-electron chi connectivity index (χ3n) is 3.58. The van der Waals surface area contributed by atoms with Crippen LogP contribution in [0.15, 0.2) is 24.3 Å². The fraction of sp³-hybridized carbons (Fsp3) is 0.571. The maximum atomic E-state index is 11.2. The minimum atomic E-state index is -2.87. The van der Waals surface area contributed by atoms with E-state index in [1.165, 1.54) is 17.5 Å². The standard InChI is InChI=1S/C14H22N2O2S/c1-16(9-10-19(2,17)18)11-12-7-8-15-14-6-4-3-5-13(12)14/h3-6,12,15H,7-11H2,1-2H3. The summed E-state index contributed by atoms with van der Waals surface area (Å²) < 4.78 is 22.4. The van der Waals surface area contributed by atoms with E-state index in [4.69, 9.17) is 0 Å². The first-order valence-corrected chi connectivity index (χ1v) is 8.71. The molecule has 2 rings (SSSR count). The molecule has 0 amide bonds. The summed E-state index contributed by atoms with van der Waals surface area (Å²) in [6.45, 7) is 2.50. The van der Waals surface area contributed by atoms with Crippen molar-refractivity contribution in [3.8, 4) is 0 Å². The van der Waals surface area contributed by atoms with Crippen LogP contribution in [0.4, 0.5) is 5.69 Å². The van der Waals surface area contributed by atoms with Crippen LogP contribution in [-0.4, -0.2) is 52.0 Å². The second-order valence-corrected chi connectivity index (χ2v) is 7.65. The molecule has 1 aromatic rings. The van der Waals surface area contributed by atoms with Gasteiger partial charge in [-0.05, 0) is 25.1 Å². The first-order valence-electron chi connectivity index (χ1n) is 6.65. The van der Waals surface area contributed by atoms with Crippen LogP contribution >= 0.6 is 0 Å². The van der Waals surface area contributed by atoms with Crippen molar-refractivity contribution in [3.63, 3.8) is 0 Å². The number of hydrogen-bond acceptors (Lipinski definition) is 4. The Morgan fingerprint density at radius 3 is 2.84 bits per heavy atom. The highest BCUT2D eigenvalue weighted by molar-refractivity contribution is 7.90. The topological polar surface area (TPSA) is 49.4 Å². The molecular weight excluding hydrogens is 260 g/mol. The van der Waals surface area contributed by atoms with E-state index in [1.807, 2.05) is 13.1 Å². The van der Waals surface area contributed by atoms with Gasteiger partial charge in [0.05, 0.1) is 5.75 Å². The quantitative estimate of drug-likeness (QED) is 0.890. The lowest BCUT2D eigenvalue weighted by atomic mass is 9.90. The van der Waals surface area contributed by atoms with Crippen LogP contribution in [-0.2, 0) is 9.84 Å². The molecule has 4 nitrogen and oxygen atoms in total. The zero-order valence-electron chi connectivity index (χ0n) is 11.6. The van der Waals surface area contributed by atoms with Gasteiger partial charge in [0, 0.05) is 37.5 Å². The lowest BCUT2D eigenvalue weighted by Crippen LogP contribution is -2.31. The minimum absolute atomic E-state index is 0.232. The highest BCUT2D eigenvalue weighted by Gasteiger charge is 2.21. The largest absolute Gasteiger partial charge is 0.385 e. The van der Waals surface area contributed by atoms with Crippen molar-refractivity contribution in [1.82, 2.24) is 4.90 Å². The predicted molar refractivity (Wildman–Crippen MR) is 79.5 cm³/mol. The third kappa shape index (κ3) is 4.21. The van der Waals surface area contributed by atoms with Gasteiger partial charge >= 0.3 is 0 Å². The van der Waals surface area contributed by atoms with E-state index >= 15 is 0 Å². The Morgan fingerprint density at radius 2 is 2.11 bits per heavy atom. The molecule has 0 saturated heterocycles. The Kier molecular flexibility index (Phi) is 4.47. The van der Waals surface area contributed by atoms with Gasteiger partial charge in [0.1, 0.15) is 9.84 Å².